The summed E-state index contributed by atoms with van der Waals surface area (Å²) in [6, 6.07) is 0.985. The van der Waals surface area contributed by atoms with Crippen molar-refractivity contribution >= 4 is 5.97 Å². The molecule has 2 aliphatic rings. The number of hydrogen-bond acceptors (Lipinski definition) is 4. The highest BCUT2D eigenvalue weighted by atomic mass is 16.5. The van der Waals surface area contributed by atoms with Gasteiger partial charge in [0.15, 0.2) is 0 Å². The summed E-state index contributed by atoms with van der Waals surface area (Å²) in [5.74, 6) is 0.107. The zero-order chi connectivity index (χ0) is 10.8. The molecule has 1 saturated carbocycles. The Morgan fingerprint density at radius 3 is 2.47 bits per heavy atom. The number of esters is 1. The van der Waals surface area contributed by atoms with Crippen molar-refractivity contribution in [1.82, 2.24) is 4.90 Å². The van der Waals surface area contributed by atoms with Crippen LogP contribution in [0.5, 0.6) is 0 Å². The molecule has 0 bridgehead atoms. The van der Waals surface area contributed by atoms with Crippen molar-refractivity contribution in [3.63, 3.8) is 0 Å². The first-order valence-electron chi connectivity index (χ1n) is 5.78. The standard InChI is InChI=1S/C11H20N2O2/c1-15-11(14)8-6-10(7-8)13-4-2-9(12)3-5-13/h8-10H,2-7,12H2,1H3. The van der Waals surface area contributed by atoms with E-state index in [1.54, 1.807) is 0 Å². The van der Waals surface area contributed by atoms with Crippen LogP contribution in [0.4, 0.5) is 0 Å². The summed E-state index contributed by atoms with van der Waals surface area (Å²) in [4.78, 5) is 13.7. The Morgan fingerprint density at radius 1 is 1.33 bits per heavy atom. The van der Waals surface area contributed by atoms with E-state index < -0.39 is 0 Å². The molecule has 1 aliphatic heterocycles. The van der Waals surface area contributed by atoms with Gasteiger partial charge in [0.05, 0.1) is 13.0 Å². The Kier molecular flexibility index (Phi) is 3.26. The first-order valence-corrected chi connectivity index (χ1v) is 5.78. The second-order valence-corrected chi connectivity index (χ2v) is 4.72. The van der Waals surface area contributed by atoms with E-state index in [0.29, 0.717) is 12.1 Å². The van der Waals surface area contributed by atoms with Crippen LogP contribution in [0.1, 0.15) is 25.7 Å². The van der Waals surface area contributed by atoms with E-state index >= 15 is 0 Å². The number of nitrogens with two attached hydrogens (primary N) is 1. The number of likely N-dealkylation sites (tertiary alicyclic amines) is 1. The molecule has 0 atom stereocenters. The van der Waals surface area contributed by atoms with Crippen LogP contribution in [0.15, 0.2) is 0 Å². The van der Waals surface area contributed by atoms with E-state index in [2.05, 4.69) is 4.90 Å². The third-order valence-electron chi connectivity index (χ3n) is 3.74. The molecule has 2 rings (SSSR count). The molecule has 0 aromatic rings. The number of piperidine rings is 1. The SMILES string of the molecule is COC(=O)C1CC(N2CCC(N)CC2)C1. The molecule has 2 N–H and O–H groups in total. The molecule has 86 valence electrons. The molecule has 0 spiro atoms. The molecule has 1 aliphatic carbocycles. The minimum absolute atomic E-state index is 0.0417. The summed E-state index contributed by atoms with van der Waals surface area (Å²) in [5.41, 5.74) is 5.85. The highest BCUT2D eigenvalue weighted by Gasteiger charge is 2.39. The first-order chi connectivity index (χ1) is 7.20. The van der Waals surface area contributed by atoms with Gasteiger partial charge >= 0.3 is 5.97 Å². The Bertz CT molecular complexity index is 231. The molecule has 4 nitrogen and oxygen atoms in total. The number of rotatable bonds is 2. The average Bonchev–Trinajstić information content (AvgIpc) is 2.18. The van der Waals surface area contributed by atoms with Gasteiger partial charge in [0.2, 0.25) is 0 Å². The van der Waals surface area contributed by atoms with Gasteiger partial charge in [0.25, 0.3) is 0 Å². The zero-order valence-corrected chi connectivity index (χ0v) is 9.32. The molecule has 1 heterocycles. The van der Waals surface area contributed by atoms with Gasteiger partial charge in [-0.3, -0.25) is 4.79 Å². The topological polar surface area (TPSA) is 55.6 Å². The van der Waals surface area contributed by atoms with Crippen molar-refractivity contribution in [2.75, 3.05) is 20.2 Å². The Labute approximate surface area is 90.8 Å². The Balaban J connectivity index is 1.73. The highest BCUT2D eigenvalue weighted by molar-refractivity contribution is 5.73. The molecule has 0 amide bonds. The summed E-state index contributed by atoms with van der Waals surface area (Å²) in [6.07, 6.45) is 4.14. The maximum Gasteiger partial charge on any atom is 0.308 e. The van der Waals surface area contributed by atoms with Gasteiger partial charge in [-0.05, 0) is 38.8 Å². The van der Waals surface area contributed by atoms with Crippen LogP contribution in [0.25, 0.3) is 0 Å². The molecule has 0 aromatic heterocycles. The van der Waals surface area contributed by atoms with Gasteiger partial charge in [-0.15, -0.1) is 0 Å². The summed E-state index contributed by atoms with van der Waals surface area (Å²) >= 11 is 0. The van der Waals surface area contributed by atoms with Crippen LogP contribution in [0, 0.1) is 5.92 Å². The molecule has 0 aromatic carbocycles. The van der Waals surface area contributed by atoms with Crippen molar-refractivity contribution in [2.24, 2.45) is 11.7 Å². The summed E-state index contributed by atoms with van der Waals surface area (Å²) in [7, 11) is 1.47. The summed E-state index contributed by atoms with van der Waals surface area (Å²) in [6.45, 7) is 2.19. The van der Waals surface area contributed by atoms with Crippen LogP contribution in [-0.4, -0.2) is 43.2 Å². The van der Waals surface area contributed by atoms with Gasteiger partial charge < -0.3 is 15.4 Å². The van der Waals surface area contributed by atoms with Gasteiger partial charge in [-0.25, -0.2) is 0 Å². The van der Waals surface area contributed by atoms with Crippen LogP contribution >= 0.6 is 0 Å². The minimum atomic E-state index is -0.0417. The van der Waals surface area contributed by atoms with E-state index in [1.165, 1.54) is 7.11 Å². The largest absolute Gasteiger partial charge is 0.469 e. The third kappa shape index (κ3) is 2.32. The average molecular weight is 212 g/mol. The van der Waals surface area contributed by atoms with E-state index in [-0.39, 0.29) is 11.9 Å². The fourth-order valence-corrected chi connectivity index (χ4v) is 2.53. The number of methoxy groups -OCH3 is 1. The number of ether oxygens (including phenoxy) is 1. The zero-order valence-electron chi connectivity index (χ0n) is 9.32. The fraction of sp³-hybridized carbons (Fsp3) is 0.909. The van der Waals surface area contributed by atoms with Gasteiger partial charge in [-0.2, -0.15) is 0 Å². The normalized spacial score (nSPS) is 33.5. The van der Waals surface area contributed by atoms with Crippen LogP contribution in [0.2, 0.25) is 0 Å². The molecule has 4 heteroatoms. The maximum atomic E-state index is 11.2. The minimum Gasteiger partial charge on any atom is -0.469 e. The number of carbonyl (C=O) groups is 1. The maximum absolute atomic E-state index is 11.2. The van der Waals surface area contributed by atoms with E-state index in [0.717, 1.165) is 38.8 Å². The lowest BCUT2D eigenvalue weighted by atomic mass is 9.78. The predicted octanol–water partition coefficient (Wildman–Crippen LogP) is 0.361. The van der Waals surface area contributed by atoms with Crippen molar-refractivity contribution in [2.45, 2.75) is 37.8 Å². The van der Waals surface area contributed by atoms with Gasteiger partial charge in [-0.1, -0.05) is 0 Å². The van der Waals surface area contributed by atoms with Crippen molar-refractivity contribution in [3.8, 4) is 0 Å². The molecule has 2 fully saturated rings. The summed E-state index contributed by atoms with van der Waals surface area (Å²) in [5, 5.41) is 0. The number of hydrogen-bond donors (Lipinski definition) is 1. The Morgan fingerprint density at radius 2 is 1.93 bits per heavy atom. The number of carbonyl (C=O) groups excluding carboxylic acids is 1. The van der Waals surface area contributed by atoms with Crippen LogP contribution < -0.4 is 5.73 Å². The number of nitrogens with zero attached hydrogens (tertiary/aromatic N) is 1. The second-order valence-electron chi connectivity index (χ2n) is 4.72. The molecule has 15 heavy (non-hydrogen) atoms. The monoisotopic (exact) mass is 212 g/mol. The lowest BCUT2D eigenvalue weighted by Gasteiger charge is -2.44. The quantitative estimate of drug-likeness (QED) is 0.672. The molecular formula is C11H20N2O2. The Hall–Kier alpha value is -0.610. The van der Waals surface area contributed by atoms with Crippen molar-refractivity contribution < 1.29 is 9.53 Å². The van der Waals surface area contributed by atoms with E-state index in [4.69, 9.17) is 10.5 Å². The fourth-order valence-electron chi connectivity index (χ4n) is 2.53. The molecular weight excluding hydrogens is 192 g/mol. The molecule has 1 saturated heterocycles. The lowest BCUT2D eigenvalue weighted by Crippen LogP contribution is -2.51. The third-order valence-corrected chi connectivity index (χ3v) is 3.74. The predicted molar refractivity (Wildman–Crippen MR) is 57.3 cm³/mol. The second kappa shape index (κ2) is 4.49. The van der Waals surface area contributed by atoms with E-state index in [9.17, 15) is 4.79 Å². The van der Waals surface area contributed by atoms with Gasteiger partial charge in [0.1, 0.15) is 0 Å². The van der Waals surface area contributed by atoms with Crippen molar-refractivity contribution in [1.29, 1.82) is 0 Å². The van der Waals surface area contributed by atoms with E-state index in [1.807, 2.05) is 0 Å². The summed E-state index contributed by atoms with van der Waals surface area (Å²) < 4.78 is 4.73. The van der Waals surface area contributed by atoms with Crippen molar-refractivity contribution in [3.05, 3.63) is 0 Å². The smallest absolute Gasteiger partial charge is 0.308 e. The lowest BCUT2D eigenvalue weighted by molar-refractivity contribution is -0.151. The van der Waals surface area contributed by atoms with Crippen LogP contribution in [0.3, 0.4) is 0 Å². The molecule has 0 unspecified atom stereocenters. The van der Waals surface area contributed by atoms with Gasteiger partial charge in [0, 0.05) is 12.1 Å². The first kappa shape index (κ1) is 10.9. The van der Waals surface area contributed by atoms with Crippen LogP contribution in [-0.2, 0) is 9.53 Å². The molecule has 0 radical (unpaired) electrons. The highest BCUT2D eigenvalue weighted by Crippen LogP contribution is 2.33.